The van der Waals surface area contributed by atoms with Crippen LogP contribution >= 0.6 is 29.0 Å². The van der Waals surface area contributed by atoms with Crippen molar-refractivity contribution in [1.82, 2.24) is 0 Å². The van der Waals surface area contributed by atoms with E-state index in [1.807, 2.05) is 0 Å². The monoisotopic (exact) mass is 194 g/mol. The zero-order valence-electron chi connectivity index (χ0n) is 5.71. The molecule has 0 aliphatic heterocycles. The van der Waals surface area contributed by atoms with E-state index in [2.05, 4.69) is 13.2 Å². The molecule has 0 unspecified atom stereocenters. The van der Waals surface area contributed by atoms with Crippen LogP contribution < -0.4 is 0 Å². The van der Waals surface area contributed by atoms with Gasteiger partial charge < -0.3 is 4.57 Å². The van der Waals surface area contributed by atoms with E-state index in [9.17, 15) is 4.57 Å². The number of hydrogen-bond acceptors (Lipinski definition) is 3. The predicted molar refractivity (Wildman–Crippen MR) is 54.3 cm³/mol. The second-order valence-corrected chi connectivity index (χ2v) is 7.93. The maximum absolute atomic E-state index is 11.0. The maximum atomic E-state index is 11.0. The zero-order valence-corrected chi connectivity index (χ0v) is 8.34. The van der Waals surface area contributed by atoms with Crippen molar-refractivity contribution in [3.63, 3.8) is 0 Å². The molecule has 0 rings (SSSR count). The van der Waals surface area contributed by atoms with Gasteiger partial charge in [0.25, 0.3) is 0 Å². The molecule has 0 saturated heterocycles. The molecular formula is C6H11OPS2. The van der Waals surface area contributed by atoms with Gasteiger partial charge in [-0.1, -0.05) is 34.9 Å². The quantitative estimate of drug-likeness (QED) is 0.477. The van der Waals surface area contributed by atoms with E-state index < -0.39 is 6.20 Å². The Balaban J connectivity index is 3.24. The molecule has 0 heterocycles. The van der Waals surface area contributed by atoms with Gasteiger partial charge in [-0.3, -0.25) is 0 Å². The van der Waals surface area contributed by atoms with E-state index in [1.165, 1.54) is 22.8 Å². The lowest BCUT2D eigenvalue weighted by molar-refractivity contribution is 0.603. The average molecular weight is 194 g/mol. The Bertz CT molecular complexity index is 122. The second-order valence-electron chi connectivity index (χ2n) is 1.45. The fraction of sp³-hybridized carbons (Fsp3) is 0.333. The van der Waals surface area contributed by atoms with E-state index in [0.29, 0.717) is 0 Å². The van der Waals surface area contributed by atoms with Gasteiger partial charge in [-0.2, -0.15) is 0 Å². The summed E-state index contributed by atoms with van der Waals surface area (Å²) < 4.78 is 11.0. The van der Waals surface area contributed by atoms with Crippen LogP contribution in [0.3, 0.4) is 0 Å². The van der Waals surface area contributed by atoms with Crippen LogP contribution in [0.25, 0.3) is 0 Å². The van der Waals surface area contributed by atoms with E-state index in [4.69, 9.17) is 0 Å². The molecule has 0 radical (unpaired) electrons. The Morgan fingerprint density at radius 2 is 1.60 bits per heavy atom. The molecule has 0 amide bonds. The summed E-state index contributed by atoms with van der Waals surface area (Å²) in [6.07, 6.45) is 2.06. The van der Waals surface area contributed by atoms with Crippen molar-refractivity contribution >= 4 is 29.0 Å². The summed E-state index contributed by atoms with van der Waals surface area (Å²) in [4.78, 5) is 0. The molecule has 0 aromatic carbocycles. The molecule has 0 aliphatic carbocycles. The third-order valence-corrected chi connectivity index (χ3v) is 6.45. The Labute approximate surface area is 70.6 Å². The van der Waals surface area contributed by atoms with Crippen molar-refractivity contribution < 1.29 is 4.57 Å². The van der Waals surface area contributed by atoms with Gasteiger partial charge in [-0.05, 0) is 0 Å². The molecule has 0 fully saturated rings. The van der Waals surface area contributed by atoms with Gasteiger partial charge in [0.05, 0.1) is 0 Å². The molecule has 4 heteroatoms. The maximum Gasteiger partial charge on any atom is 0.180 e. The van der Waals surface area contributed by atoms with Crippen molar-refractivity contribution in [3.8, 4) is 0 Å². The number of hydrogen-bond donors (Lipinski definition) is 0. The third kappa shape index (κ3) is 6.53. The minimum atomic E-state index is -1.47. The minimum absolute atomic E-state index is 0.780. The smallest absolute Gasteiger partial charge is 0.180 e. The van der Waals surface area contributed by atoms with Crippen molar-refractivity contribution in [2.24, 2.45) is 0 Å². The Hall–Kier alpha value is 0.410. The van der Waals surface area contributed by atoms with Crippen molar-refractivity contribution in [2.75, 3.05) is 11.5 Å². The van der Waals surface area contributed by atoms with Crippen LogP contribution in [-0.2, 0) is 4.57 Å². The first-order valence-corrected chi connectivity index (χ1v) is 7.65. The molecule has 1 nitrogen and oxygen atoms in total. The molecule has 0 N–H and O–H groups in total. The largest absolute Gasteiger partial charge is 0.304 e. The lowest BCUT2D eigenvalue weighted by Gasteiger charge is -1.94. The molecule has 0 bridgehead atoms. The average Bonchev–Trinajstić information content (AvgIpc) is 1.97. The second kappa shape index (κ2) is 7.52. The van der Waals surface area contributed by atoms with Gasteiger partial charge in [0, 0.05) is 11.5 Å². The molecule has 0 aromatic rings. The lowest BCUT2D eigenvalue weighted by Crippen LogP contribution is -1.62. The summed E-state index contributed by atoms with van der Waals surface area (Å²) in [6.45, 7) is 7.08. The van der Waals surface area contributed by atoms with Crippen molar-refractivity contribution in [2.45, 2.75) is 0 Å². The summed E-state index contributed by atoms with van der Waals surface area (Å²) in [7, 11) is 0. The normalized spacial score (nSPS) is 9.70. The van der Waals surface area contributed by atoms with Gasteiger partial charge in [0.1, 0.15) is 0 Å². The van der Waals surface area contributed by atoms with E-state index in [-0.39, 0.29) is 0 Å². The first-order valence-electron chi connectivity index (χ1n) is 2.82. The van der Waals surface area contributed by atoms with Crippen LogP contribution in [0.15, 0.2) is 25.3 Å². The Morgan fingerprint density at radius 1 is 1.20 bits per heavy atom. The molecule has 10 heavy (non-hydrogen) atoms. The fourth-order valence-electron chi connectivity index (χ4n) is 0.296. The Kier molecular flexibility index (Phi) is 7.82. The molecule has 0 atom stereocenters. The topological polar surface area (TPSA) is 17.1 Å². The molecule has 0 aliphatic rings. The van der Waals surface area contributed by atoms with Gasteiger partial charge in [-0.15, -0.1) is 13.2 Å². The molecular weight excluding hydrogens is 183 g/mol. The summed E-state index contributed by atoms with van der Waals surface area (Å²) in [5.74, 6) is 1.56. The standard InChI is InChI=1S/C6H11OPS2/c1-3-5-9-8(7)10-6-4-2/h3-4,8H,1-2,5-6H2. The highest BCUT2D eigenvalue weighted by Gasteiger charge is 1.95. The van der Waals surface area contributed by atoms with Gasteiger partial charge in [0.2, 0.25) is 0 Å². The first kappa shape index (κ1) is 10.4. The van der Waals surface area contributed by atoms with Gasteiger partial charge in [0.15, 0.2) is 6.20 Å². The highest BCUT2D eigenvalue weighted by molar-refractivity contribution is 8.84. The van der Waals surface area contributed by atoms with E-state index >= 15 is 0 Å². The fourth-order valence-corrected chi connectivity index (χ4v) is 4.64. The van der Waals surface area contributed by atoms with Crippen LogP contribution in [-0.4, -0.2) is 11.5 Å². The van der Waals surface area contributed by atoms with Crippen LogP contribution in [0.4, 0.5) is 0 Å². The predicted octanol–water partition coefficient (Wildman–Crippen LogP) is 3.21. The minimum Gasteiger partial charge on any atom is -0.304 e. The summed E-state index contributed by atoms with van der Waals surface area (Å²) >= 11 is 2.92. The van der Waals surface area contributed by atoms with Gasteiger partial charge >= 0.3 is 0 Å². The lowest BCUT2D eigenvalue weighted by atomic mass is 10.8. The zero-order chi connectivity index (χ0) is 7.82. The van der Waals surface area contributed by atoms with E-state index in [1.54, 1.807) is 12.2 Å². The van der Waals surface area contributed by atoms with Crippen molar-refractivity contribution in [3.05, 3.63) is 25.3 Å². The summed E-state index contributed by atoms with van der Waals surface area (Å²) in [6, 6.07) is 0. The highest BCUT2D eigenvalue weighted by Crippen LogP contribution is 2.49. The van der Waals surface area contributed by atoms with Crippen molar-refractivity contribution in [1.29, 1.82) is 0 Å². The first-order chi connectivity index (χ1) is 4.81. The van der Waals surface area contributed by atoms with Crippen LogP contribution in [0.1, 0.15) is 0 Å². The molecule has 58 valence electrons. The number of rotatable bonds is 6. The molecule has 0 spiro atoms. The highest BCUT2D eigenvalue weighted by atomic mass is 33.1. The van der Waals surface area contributed by atoms with E-state index in [0.717, 1.165) is 11.5 Å². The summed E-state index contributed by atoms with van der Waals surface area (Å²) in [5, 5.41) is 0. The molecule has 0 saturated carbocycles. The van der Waals surface area contributed by atoms with Crippen LogP contribution in [0.2, 0.25) is 0 Å². The Morgan fingerprint density at radius 3 is 1.90 bits per heavy atom. The SMILES string of the molecule is C=CCS[PH](=O)SCC=C. The van der Waals surface area contributed by atoms with Crippen LogP contribution in [0.5, 0.6) is 0 Å². The van der Waals surface area contributed by atoms with Crippen LogP contribution in [0, 0.1) is 0 Å². The molecule has 0 aromatic heterocycles. The third-order valence-electron chi connectivity index (χ3n) is 0.638. The van der Waals surface area contributed by atoms with Gasteiger partial charge in [-0.25, -0.2) is 0 Å². The summed E-state index contributed by atoms with van der Waals surface area (Å²) in [5.41, 5.74) is 0.